The summed E-state index contributed by atoms with van der Waals surface area (Å²) < 4.78 is 0. The third-order valence-electron chi connectivity index (χ3n) is 4.83. The molecule has 3 nitrogen and oxygen atoms in total. The molecular weight excluding hydrogens is 214 g/mol. The van der Waals surface area contributed by atoms with Crippen molar-refractivity contribution in [2.45, 2.75) is 70.4 Å². The number of hydrogen-bond donors (Lipinski definition) is 1. The highest BCUT2D eigenvalue weighted by atomic mass is 16.4. The minimum absolute atomic E-state index is 0.507. The smallest absolute Gasteiger partial charge is 0.323 e. The Morgan fingerprint density at radius 3 is 2.47 bits per heavy atom. The minimum Gasteiger partial charge on any atom is -0.480 e. The fourth-order valence-corrected chi connectivity index (χ4v) is 3.51. The fraction of sp³-hybridized carbons (Fsp3) is 0.929. The predicted octanol–water partition coefficient (Wildman–Crippen LogP) is 2.89. The summed E-state index contributed by atoms with van der Waals surface area (Å²) in [4.78, 5) is 13.8. The molecule has 1 N–H and O–H groups in total. The number of hydrogen-bond acceptors (Lipinski definition) is 2. The molecule has 0 spiro atoms. The van der Waals surface area contributed by atoms with Crippen LogP contribution in [0.2, 0.25) is 0 Å². The number of nitrogens with zero attached hydrogens (tertiary/aromatic N) is 1. The van der Waals surface area contributed by atoms with Gasteiger partial charge in [-0.15, -0.1) is 0 Å². The first-order chi connectivity index (χ1) is 8.04. The monoisotopic (exact) mass is 239 g/mol. The van der Waals surface area contributed by atoms with E-state index in [9.17, 15) is 9.90 Å². The highest BCUT2D eigenvalue weighted by Gasteiger charge is 2.44. The van der Waals surface area contributed by atoms with E-state index in [4.69, 9.17) is 0 Å². The molecule has 0 amide bonds. The highest BCUT2D eigenvalue weighted by molar-refractivity contribution is 5.78. The third kappa shape index (κ3) is 2.49. The van der Waals surface area contributed by atoms with Crippen molar-refractivity contribution >= 4 is 5.97 Å². The van der Waals surface area contributed by atoms with E-state index in [1.165, 1.54) is 25.7 Å². The van der Waals surface area contributed by atoms with E-state index < -0.39 is 11.5 Å². The van der Waals surface area contributed by atoms with Crippen LogP contribution in [0.4, 0.5) is 0 Å². The van der Waals surface area contributed by atoms with Crippen molar-refractivity contribution in [2.75, 3.05) is 6.54 Å². The zero-order valence-electron chi connectivity index (χ0n) is 11.1. The number of carboxylic acid groups (broad SMARTS) is 1. The normalized spacial score (nSPS) is 40.1. The van der Waals surface area contributed by atoms with E-state index in [1.807, 2.05) is 6.92 Å². The van der Waals surface area contributed by atoms with Crippen LogP contribution < -0.4 is 0 Å². The molecule has 1 saturated heterocycles. The lowest BCUT2D eigenvalue weighted by Crippen LogP contribution is -2.59. The Kier molecular flexibility index (Phi) is 3.76. The molecule has 1 aliphatic carbocycles. The molecule has 2 aliphatic rings. The van der Waals surface area contributed by atoms with Crippen LogP contribution in [0.15, 0.2) is 0 Å². The van der Waals surface area contributed by atoms with Crippen LogP contribution in [0.5, 0.6) is 0 Å². The summed E-state index contributed by atoms with van der Waals surface area (Å²) in [6.07, 6.45) is 7.92. The average Bonchev–Trinajstić information content (AvgIpc) is 2.31. The molecule has 0 radical (unpaired) electrons. The van der Waals surface area contributed by atoms with E-state index in [1.54, 1.807) is 0 Å². The third-order valence-corrected chi connectivity index (χ3v) is 4.83. The van der Waals surface area contributed by atoms with Gasteiger partial charge in [0.05, 0.1) is 0 Å². The Hall–Kier alpha value is -0.570. The van der Waals surface area contributed by atoms with Crippen LogP contribution in [-0.2, 0) is 4.79 Å². The minimum atomic E-state index is -0.629. The summed E-state index contributed by atoms with van der Waals surface area (Å²) in [5.74, 6) is 0.197. The molecule has 1 heterocycles. The van der Waals surface area contributed by atoms with E-state index in [2.05, 4.69) is 11.8 Å². The van der Waals surface area contributed by atoms with Crippen molar-refractivity contribution in [2.24, 2.45) is 5.92 Å². The Balaban J connectivity index is 2.09. The maximum Gasteiger partial charge on any atom is 0.323 e. The molecule has 2 fully saturated rings. The number of carbonyl (C=O) groups is 1. The van der Waals surface area contributed by atoms with Gasteiger partial charge in [0.1, 0.15) is 5.54 Å². The molecular formula is C14H25NO2. The largest absolute Gasteiger partial charge is 0.480 e. The molecule has 0 aromatic heterocycles. The molecule has 0 bridgehead atoms. The lowest BCUT2D eigenvalue weighted by atomic mass is 9.81. The van der Waals surface area contributed by atoms with Gasteiger partial charge in [-0.25, -0.2) is 0 Å². The van der Waals surface area contributed by atoms with Crippen molar-refractivity contribution in [1.29, 1.82) is 0 Å². The molecule has 1 saturated carbocycles. The number of aliphatic carboxylic acids is 1. The standard InChI is InChI=1S/C14H25NO2/c1-11-5-7-12(8-6-11)15-10-4-3-9-14(15,2)13(16)17/h11-12H,3-10H2,1-2H3,(H,16,17). The van der Waals surface area contributed by atoms with E-state index in [0.29, 0.717) is 6.04 Å². The molecule has 0 aromatic carbocycles. The second-order valence-electron chi connectivity index (χ2n) is 6.14. The maximum absolute atomic E-state index is 11.6. The van der Waals surface area contributed by atoms with E-state index in [0.717, 1.165) is 31.7 Å². The number of carboxylic acids is 1. The molecule has 1 unspecified atom stereocenters. The zero-order valence-corrected chi connectivity index (χ0v) is 11.1. The van der Waals surface area contributed by atoms with Crippen molar-refractivity contribution in [3.05, 3.63) is 0 Å². The molecule has 1 atom stereocenters. The van der Waals surface area contributed by atoms with Gasteiger partial charge >= 0.3 is 5.97 Å². The van der Waals surface area contributed by atoms with Crippen LogP contribution in [0.3, 0.4) is 0 Å². The van der Waals surface area contributed by atoms with E-state index >= 15 is 0 Å². The van der Waals surface area contributed by atoms with Crippen molar-refractivity contribution in [3.8, 4) is 0 Å². The van der Waals surface area contributed by atoms with E-state index in [-0.39, 0.29) is 0 Å². The second kappa shape index (κ2) is 4.97. The summed E-state index contributed by atoms with van der Waals surface area (Å²) in [5.41, 5.74) is -0.608. The van der Waals surface area contributed by atoms with Crippen molar-refractivity contribution < 1.29 is 9.90 Å². The molecule has 0 aromatic rings. The summed E-state index contributed by atoms with van der Waals surface area (Å²) in [6.45, 7) is 5.21. The topological polar surface area (TPSA) is 40.5 Å². The molecule has 98 valence electrons. The predicted molar refractivity (Wildman–Crippen MR) is 68.0 cm³/mol. The van der Waals surface area contributed by atoms with Gasteiger partial charge in [0.15, 0.2) is 0 Å². The lowest BCUT2D eigenvalue weighted by molar-refractivity contribution is -0.155. The SMILES string of the molecule is CC1CCC(N2CCCCC2(C)C(=O)O)CC1. The lowest BCUT2D eigenvalue weighted by Gasteiger charge is -2.48. The van der Waals surface area contributed by atoms with Crippen molar-refractivity contribution in [3.63, 3.8) is 0 Å². The summed E-state index contributed by atoms with van der Waals surface area (Å²) in [6, 6.07) is 0.507. The molecule has 1 aliphatic heterocycles. The van der Waals surface area contributed by atoms with Gasteiger partial charge < -0.3 is 5.11 Å². The number of piperidine rings is 1. The van der Waals surface area contributed by atoms with Crippen LogP contribution in [0, 0.1) is 5.92 Å². The van der Waals surface area contributed by atoms with Gasteiger partial charge in [0.25, 0.3) is 0 Å². The Labute approximate surface area is 104 Å². The first-order valence-corrected chi connectivity index (χ1v) is 7.04. The van der Waals surface area contributed by atoms with Crippen molar-refractivity contribution in [1.82, 2.24) is 4.90 Å². The van der Waals surface area contributed by atoms with Gasteiger partial charge in [-0.1, -0.05) is 6.92 Å². The van der Waals surface area contributed by atoms with Gasteiger partial charge in [-0.3, -0.25) is 9.69 Å². The van der Waals surface area contributed by atoms with Gasteiger partial charge in [0.2, 0.25) is 0 Å². The average molecular weight is 239 g/mol. The Morgan fingerprint density at radius 2 is 1.88 bits per heavy atom. The summed E-state index contributed by atoms with van der Waals surface area (Å²) >= 11 is 0. The Bertz CT molecular complexity index is 284. The second-order valence-corrected chi connectivity index (χ2v) is 6.14. The van der Waals surface area contributed by atoms with Crippen LogP contribution in [0.1, 0.15) is 58.8 Å². The molecule has 3 heteroatoms. The number of likely N-dealkylation sites (tertiary alicyclic amines) is 1. The summed E-state index contributed by atoms with van der Waals surface area (Å²) in [7, 11) is 0. The molecule has 2 rings (SSSR count). The van der Waals surface area contributed by atoms with Crippen LogP contribution in [0.25, 0.3) is 0 Å². The zero-order chi connectivity index (χ0) is 12.5. The highest BCUT2D eigenvalue weighted by Crippen LogP contribution is 2.36. The first kappa shape index (κ1) is 12.9. The van der Waals surface area contributed by atoms with Gasteiger partial charge in [-0.2, -0.15) is 0 Å². The molecule has 17 heavy (non-hydrogen) atoms. The summed E-state index contributed by atoms with van der Waals surface area (Å²) in [5, 5.41) is 9.51. The van der Waals surface area contributed by atoms with Crippen LogP contribution in [-0.4, -0.2) is 34.1 Å². The number of rotatable bonds is 2. The Morgan fingerprint density at radius 1 is 1.24 bits per heavy atom. The maximum atomic E-state index is 11.6. The first-order valence-electron chi connectivity index (χ1n) is 7.04. The van der Waals surface area contributed by atoms with Gasteiger partial charge in [0, 0.05) is 6.04 Å². The fourth-order valence-electron chi connectivity index (χ4n) is 3.51. The van der Waals surface area contributed by atoms with Gasteiger partial charge in [-0.05, 0) is 64.3 Å². The quantitative estimate of drug-likeness (QED) is 0.805. The van der Waals surface area contributed by atoms with Crippen LogP contribution >= 0.6 is 0 Å².